The van der Waals surface area contributed by atoms with Gasteiger partial charge >= 0.3 is 0 Å². The first-order valence-corrected chi connectivity index (χ1v) is 9.20. The predicted molar refractivity (Wildman–Crippen MR) is 93.5 cm³/mol. The molecule has 0 aliphatic heterocycles. The van der Waals surface area contributed by atoms with Gasteiger partial charge in [0.15, 0.2) is 5.76 Å². The lowest BCUT2D eigenvalue weighted by atomic mass is 10.3. The van der Waals surface area contributed by atoms with Crippen molar-refractivity contribution < 1.29 is 4.52 Å². The Hall–Kier alpha value is -2.16. The van der Waals surface area contributed by atoms with Gasteiger partial charge < -0.3 is 4.52 Å². The van der Waals surface area contributed by atoms with E-state index in [1.165, 1.54) is 11.8 Å². The van der Waals surface area contributed by atoms with Crippen molar-refractivity contribution in [2.75, 3.05) is 0 Å². The summed E-state index contributed by atoms with van der Waals surface area (Å²) in [7, 11) is 0. The van der Waals surface area contributed by atoms with Crippen molar-refractivity contribution in [1.82, 2.24) is 25.4 Å². The second-order valence-electron chi connectivity index (χ2n) is 4.80. The smallest absolute Gasteiger partial charge is 0.214 e. The van der Waals surface area contributed by atoms with Crippen LogP contribution in [0.1, 0.15) is 5.69 Å². The van der Waals surface area contributed by atoms with E-state index in [9.17, 15) is 0 Å². The SMILES string of the molecule is Clc1cccc(-n2nnnc2SCc2cc(-c3cccs3)on2)c1. The van der Waals surface area contributed by atoms with Gasteiger partial charge in [-0.3, -0.25) is 0 Å². The molecule has 0 bridgehead atoms. The molecular weight excluding hydrogens is 366 g/mol. The van der Waals surface area contributed by atoms with Crippen molar-refractivity contribution in [3.63, 3.8) is 0 Å². The Morgan fingerprint density at radius 2 is 2.17 bits per heavy atom. The van der Waals surface area contributed by atoms with Gasteiger partial charge in [-0.05, 0) is 40.1 Å². The number of nitrogens with zero attached hydrogens (tertiary/aromatic N) is 5. The number of benzene rings is 1. The van der Waals surface area contributed by atoms with Crippen LogP contribution in [0.5, 0.6) is 0 Å². The van der Waals surface area contributed by atoms with E-state index >= 15 is 0 Å². The first kappa shape index (κ1) is 15.4. The van der Waals surface area contributed by atoms with Gasteiger partial charge in [0, 0.05) is 16.8 Å². The van der Waals surface area contributed by atoms with E-state index in [4.69, 9.17) is 16.1 Å². The fourth-order valence-electron chi connectivity index (χ4n) is 2.09. The largest absolute Gasteiger partial charge is 0.355 e. The lowest BCUT2D eigenvalue weighted by Gasteiger charge is -2.03. The third kappa shape index (κ3) is 3.21. The molecule has 0 saturated heterocycles. The molecule has 0 spiro atoms. The van der Waals surface area contributed by atoms with Gasteiger partial charge in [-0.2, -0.15) is 4.68 Å². The topological polar surface area (TPSA) is 69.6 Å². The minimum atomic E-state index is 0.607. The summed E-state index contributed by atoms with van der Waals surface area (Å²) >= 11 is 9.13. The molecule has 120 valence electrons. The Balaban J connectivity index is 1.50. The molecule has 0 fully saturated rings. The molecule has 0 saturated carbocycles. The van der Waals surface area contributed by atoms with E-state index < -0.39 is 0 Å². The van der Waals surface area contributed by atoms with Crippen LogP contribution in [-0.2, 0) is 5.75 Å². The molecule has 0 aliphatic rings. The molecule has 0 N–H and O–H groups in total. The van der Waals surface area contributed by atoms with Crippen LogP contribution in [0.15, 0.2) is 57.5 Å². The summed E-state index contributed by atoms with van der Waals surface area (Å²) in [6, 6.07) is 13.3. The molecule has 24 heavy (non-hydrogen) atoms. The molecule has 6 nitrogen and oxygen atoms in total. The predicted octanol–water partition coefficient (Wildman–Crippen LogP) is 4.32. The van der Waals surface area contributed by atoms with Crippen LogP contribution in [0, 0.1) is 0 Å². The highest BCUT2D eigenvalue weighted by Crippen LogP contribution is 2.28. The molecule has 3 heterocycles. The average molecular weight is 376 g/mol. The van der Waals surface area contributed by atoms with Crippen molar-refractivity contribution in [3.05, 3.63) is 58.6 Å². The summed E-state index contributed by atoms with van der Waals surface area (Å²) in [6.07, 6.45) is 0. The van der Waals surface area contributed by atoms with Crippen LogP contribution >= 0.6 is 34.7 Å². The van der Waals surface area contributed by atoms with Crippen molar-refractivity contribution in [3.8, 4) is 16.3 Å². The number of hydrogen-bond acceptors (Lipinski definition) is 7. The number of tetrazole rings is 1. The summed E-state index contributed by atoms with van der Waals surface area (Å²) in [4.78, 5) is 1.06. The summed E-state index contributed by atoms with van der Waals surface area (Å²) in [5, 5.41) is 19.2. The highest BCUT2D eigenvalue weighted by atomic mass is 35.5. The van der Waals surface area contributed by atoms with E-state index in [1.807, 2.05) is 47.8 Å². The summed E-state index contributed by atoms with van der Waals surface area (Å²) < 4.78 is 7.03. The normalized spacial score (nSPS) is 11.0. The molecule has 0 aliphatic carbocycles. The number of thioether (sulfide) groups is 1. The third-order valence-corrected chi connectivity index (χ3v) is 5.24. The minimum absolute atomic E-state index is 0.607. The Labute approximate surface area is 150 Å². The molecule has 0 amide bonds. The highest BCUT2D eigenvalue weighted by Gasteiger charge is 2.12. The number of rotatable bonds is 5. The number of thiophene rings is 1. The van der Waals surface area contributed by atoms with Gasteiger partial charge in [0.05, 0.1) is 16.3 Å². The number of aromatic nitrogens is 5. The van der Waals surface area contributed by atoms with Crippen LogP contribution in [0.25, 0.3) is 16.3 Å². The molecule has 0 radical (unpaired) electrons. The fourth-order valence-corrected chi connectivity index (χ4v) is 3.72. The van der Waals surface area contributed by atoms with Crippen LogP contribution in [0.4, 0.5) is 0 Å². The van der Waals surface area contributed by atoms with Crippen molar-refractivity contribution in [1.29, 1.82) is 0 Å². The summed E-state index contributed by atoms with van der Waals surface area (Å²) in [5.74, 6) is 1.38. The summed E-state index contributed by atoms with van der Waals surface area (Å²) in [6.45, 7) is 0. The number of hydrogen-bond donors (Lipinski definition) is 0. The lowest BCUT2D eigenvalue weighted by molar-refractivity contribution is 0.427. The second-order valence-corrected chi connectivity index (χ2v) is 7.13. The van der Waals surface area contributed by atoms with Gasteiger partial charge in [-0.15, -0.1) is 16.4 Å². The Morgan fingerprint density at radius 3 is 3.00 bits per heavy atom. The minimum Gasteiger partial charge on any atom is -0.355 e. The molecular formula is C15H10ClN5OS2. The van der Waals surface area contributed by atoms with E-state index in [-0.39, 0.29) is 0 Å². The van der Waals surface area contributed by atoms with E-state index in [2.05, 4.69) is 20.7 Å². The first-order chi connectivity index (χ1) is 11.8. The molecule has 4 rings (SSSR count). The zero-order valence-electron chi connectivity index (χ0n) is 12.2. The second kappa shape index (κ2) is 6.76. The maximum absolute atomic E-state index is 6.03. The van der Waals surface area contributed by atoms with Gasteiger partial charge in [0.25, 0.3) is 0 Å². The third-order valence-electron chi connectivity index (χ3n) is 3.17. The maximum Gasteiger partial charge on any atom is 0.214 e. The van der Waals surface area contributed by atoms with Crippen LogP contribution < -0.4 is 0 Å². The summed E-state index contributed by atoms with van der Waals surface area (Å²) in [5.41, 5.74) is 1.65. The quantitative estimate of drug-likeness (QED) is 0.484. The maximum atomic E-state index is 6.03. The highest BCUT2D eigenvalue weighted by molar-refractivity contribution is 7.98. The van der Waals surface area contributed by atoms with Crippen molar-refractivity contribution in [2.45, 2.75) is 10.9 Å². The Bertz CT molecular complexity index is 950. The standard InChI is InChI=1S/C15H10ClN5OS2/c16-10-3-1-4-12(7-10)21-15(17-19-20-21)24-9-11-8-13(22-18-11)14-5-2-6-23-14/h1-8H,9H2. The molecule has 9 heteroatoms. The monoisotopic (exact) mass is 375 g/mol. The van der Waals surface area contributed by atoms with Gasteiger partial charge in [0.2, 0.25) is 5.16 Å². The molecule has 4 aromatic rings. The van der Waals surface area contributed by atoms with Gasteiger partial charge in [-0.25, -0.2) is 0 Å². The van der Waals surface area contributed by atoms with E-state index in [1.54, 1.807) is 16.0 Å². The molecule has 3 aromatic heterocycles. The number of halogens is 1. The van der Waals surface area contributed by atoms with E-state index in [0.29, 0.717) is 15.9 Å². The van der Waals surface area contributed by atoms with Crippen LogP contribution in [0.3, 0.4) is 0 Å². The Kier molecular flexibility index (Phi) is 4.33. The zero-order chi connectivity index (χ0) is 16.4. The molecule has 0 atom stereocenters. The lowest BCUT2D eigenvalue weighted by Crippen LogP contribution is -1.99. The van der Waals surface area contributed by atoms with E-state index in [0.717, 1.165) is 22.0 Å². The van der Waals surface area contributed by atoms with Gasteiger partial charge in [-0.1, -0.05) is 40.7 Å². The molecule has 0 unspecified atom stereocenters. The fraction of sp³-hybridized carbons (Fsp3) is 0.0667. The van der Waals surface area contributed by atoms with Crippen LogP contribution in [0.2, 0.25) is 5.02 Å². The first-order valence-electron chi connectivity index (χ1n) is 6.96. The average Bonchev–Trinajstić information content (AvgIpc) is 3.33. The van der Waals surface area contributed by atoms with Gasteiger partial charge in [0.1, 0.15) is 0 Å². The van der Waals surface area contributed by atoms with Crippen LogP contribution in [-0.4, -0.2) is 25.4 Å². The van der Waals surface area contributed by atoms with Crippen molar-refractivity contribution >= 4 is 34.7 Å². The molecule has 1 aromatic carbocycles. The van der Waals surface area contributed by atoms with Crippen molar-refractivity contribution in [2.24, 2.45) is 0 Å². The zero-order valence-corrected chi connectivity index (χ0v) is 14.6. The Morgan fingerprint density at radius 1 is 1.21 bits per heavy atom.